The first-order chi connectivity index (χ1) is 0. The van der Waals surface area contributed by atoms with Gasteiger partial charge in [-0.15, -0.1) is 0 Å². The van der Waals surface area contributed by atoms with E-state index in [0.717, 1.165) is 0 Å². The molecule has 0 aromatic carbocycles. The first-order valence-corrected chi connectivity index (χ1v) is 0. The molecular weight excluding hydrogens is 167 g/mol. The third-order valence-electron chi connectivity index (χ3n) is 0. The van der Waals surface area contributed by atoms with Gasteiger partial charge in [0, 0.05) is 0 Å². The van der Waals surface area contributed by atoms with Crippen LogP contribution in [-0.2, 0) is 17.1 Å². The van der Waals surface area contributed by atoms with Crippen molar-refractivity contribution in [1.82, 2.24) is 0 Å². The predicted molar refractivity (Wildman–Crippen MR) is 25.3 cm³/mol. The summed E-state index contributed by atoms with van der Waals surface area (Å²) in [5, 5.41) is 0. The minimum absolute atomic E-state index is 0. The van der Waals surface area contributed by atoms with E-state index >= 15 is 0 Å². The fraction of sp³-hybridized carbons (Fsp3) is 0. The maximum absolute atomic E-state index is 0. The quantitative estimate of drug-likeness (QED) is 0.318. The van der Waals surface area contributed by atoms with E-state index in [1.165, 1.54) is 0 Å². The van der Waals surface area contributed by atoms with Crippen molar-refractivity contribution in [3.63, 3.8) is 0 Å². The van der Waals surface area contributed by atoms with Crippen molar-refractivity contribution in [3.05, 3.63) is 0 Å². The third-order valence-corrected chi connectivity index (χ3v) is 0. The Labute approximate surface area is 56.3 Å². The molecule has 0 saturated heterocycles. The second-order valence-electron chi connectivity index (χ2n) is 0. The Morgan fingerprint density at radius 3 is 0.250 bits per heavy atom. The van der Waals surface area contributed by atoms with Crippen molar-refractivity contribution < 1.29 is 55.4 Å². The number of hydrogen-bond donors (Lipinski definition) is 0. The zero-order valence-corrected chi connectivity index (χ0v) is 5.06. The van der Waals surface area contributed by atoms with Gasteiger partial charge in [-0.05, 0) is 0 Å². The van der Waals surface area contributed by atoms with Gasteiger partial charge >= 0.3 is 17.1 Å². The van der Waals surface area contributed by atoms with Crippen LogP contribution >= 0.6 is 0 Å². The van der Waals surface area contributed by atoms with Gasteiger partial charge in [-0.25, -0.2) is 0 Å². The van der Waals surface area contributed by atoms with Crippen LogP contribution in [0.25, 0.3) is 0 Å². The molecule has 0 aliphatic heterocycles. The van der Waals surface area contributed by atoms with E-state index in [2.05, 4.69) is 0 Å². The Morgan fingerprint density at radius 1 is 0.250 bits per heavy atom. The Balaban J connectivity index is 0. The average molecular weight is 181 g/mol. The molecule has 0 amide bonds. The van der Waals surface area contributed by atoms with Crippen molar-refractivity contribution in [2.24, 2.45) is 0 Å². The van der Waals surface area contributed by atoms with E-state index in [1.54, 1.807) is 0 Å². The number of hydrogen-bond acceptors (Lipinski definition) is 0. The molecule has 61 valence electrons. The largest absolute Gasteiger partial charge is 2.00 e. The van der Waals surface area contributed by atoms with Gasteiger partial charge in [0.1, 0.15) is 0 Å². The van der Waals surface area contributed by atoms with Crippen LogP contribution in [0.5, 0.6) is 0 Å². The van der Waals surface area contributed by atoms with Gasteiger partial charge < -0.3 is 38.3 Å². The van der Waals surface area contributed by atoms with Crippen molar-refractivity contribution in [1.29, 1.82) is 0 Å². The van der Waals surface area contributed by atoms with Crippen molar-refractivity contribution >= 4 is 0 Å². The Hall–Kier alpha value is 0.239. The van der Waals surface area contributed by atoms with Crippen molar-refractivity contribution in [2.75, 3.05) is 0 Å². The first kappa shape index (κ1) is 7530. The molecule has 7 nitrogen and oxygen atoms in total. The summed E-state index contributed by atoms with van der Waals surface area (Å²) in [5.41, 5.74) is 0. The van der Waals surface area contributed by atoms with Crippen molar-refractivity contribution in [2.45, 2.75) is 0 Å². The van der Waals surface area contributed by atoms with Crippen LogP contribution in [0.4, 0.5) is 0 Å². The molecule has 0 spiro atoms. The van der Waals surface area contributed by atoms with E-state index in [4.69, 9.17) is 0 Å². The summed E-state index contributed by atoms with van der Waals surface area (Å²) in [6.07, 6.45) is 0. The summed E-state index contributed by atoms with van der Waals surface area (Å²) in [4.78, 5) is 0. The van der Waals surface area contributed by atoms with Crippen molar-refractivity contribution in [3.8, 4) is 0 Å². The van der Waals surface area contributed by atoms with Crippen LogP contribution in [-0.4, -0.2) is 38.3 Å². The monoisotopic (exact) mass is 181 g/mol. The molecule has 0 aliphatic rings. The minimum Gasteiger partial charge on any atom is -0.412 e. The van der Waals surface area contributed by atoms with Gasteiger partial charge in [-0.3, -0.25) is 0 Å². The fourth-order valence-corrected chi connectivity index (χ4v) is 0. The fourth-order valence-electron chi connectivity index (χ4n) is 0. The van der Waals surface area contributed by atoms with Gasteiger partial charge in [-0.2, -0.15) is 0 Å². The standard InChI is InChI=1S/Mn.7H2O/h;7*1H2/q+2;;;;;;;. The molecule has 8 heteroatoms. The second-order valence-corrected chi connectivity index (χ2v) is 0. The van der Waals surface area contributed by atoms with Crippen LogP contribution in [0.15, 0.2) is 0 Å². The third kappa shape index (κ3) is 2990. The van der Waals surface area contributed by atoms with Crippen LogP contribution in [0.2, 0.25) is 0 Å². The molecule has 14 N–H and O–H groups in total. The molecule has 0 unspecified atom stereocenters. The normalized spacial score (nSPS) is 0. The predicted octanol–water partition coefficient (Wildman–Crippen LogP) is -5.78. The van der Waals surface area contributed by atoms with Crippen LogP contribution < -0.4 is 0 Å². The summed E-state index contributed by atoms with van der Waals surface area (Å²) < 4.78 is 0. The molecule has 1 radical (unpaired) electrons. The smallest absolute Gasteiger partial charge is 0.412 e. The zero-order chi connectivity index (χ0) is 0. The SMILES string of the molecule is O.O.O.O.O.O.O.[Mn+2]. The first-order valence-electron chi connectivity index (χ1n) is 0. The molecule has 0 aromatic heterocycles. The molecule has 0 aromatic rings. The topological polar surface area (TPSA) is 220 Å². The molecule has 0 fully saturated rings. The molecule has 0 saturated carbocycles. The molecule has 0 aliphatic carbocycles. The van der Waals surface area contributed by atoms with Gasteiger partial charge in [0.25, 0.3) is 0 Å². The van der Waals surface area contributed by atoms with Crippen LogP contribution in [0.3, 0.4) is 0 Å². The summed E-state index contributed by atoms with van der Waals surface area (Å²) >= 11 is 0. The second kappa shape index (κ2) is 4910. The Bertz CT molecular complexity index is 4.35. The van der Waals surface area contributed by atoms with E-state index in [0.29, 0.717) is 0 Å². The summed E-state index contributed by atoms with van der Waals surface area (Å²) in [7, 11) is 0. The van der Waals surface area contributed by atoms with Gasteiger partial charge in [0.2, 0.25) is 0 Å². The molecule has 8 heavy (non-hydrogen) atoms. The van der Waals surface area contributed by atoms with E-state index in [-0.39, 0.29) is 55.4 Å². The molecule has 0 rings (SSSR count). The maximum atomic E-state index is 0. The van der Waals surface area contributed by atoms with E-state index in [1.807, 2.05) is 0 Å². The zero-order valence-electron chi connectivity index (χ0n) is 3.88. The maximum Gasteiger partial charge on any atom is 2.00 e. The van der Waals surface area contributed by atoms with Gasteiger partial charge in [-0.1, -0.05) is 0 Å². The summed E-state index contributed by atoms with van der Waals surface area (Å²) in [5.74, 6) is 0. The Kier molecular flexibility index (Phi) is 4630000. The molecule has 0 atom stereocenters. The van der Waals surface area contributed by atoms with Crippen LogP contribution in [0.1, 0.15) is 0 Å². The van der Waals surface area contributed by atoms with Gasteiger partial charge in [0.15, 0.2) is 0 Å². The summed E-state index contributed by atoms with van der Waals surface area (Å²) in [6.45, 7) is 0. The Morgan fingerprint density at radius 2 is 0.250 bits per heavy atom. The number of rotatable bonds is 0. The van der Waals surface area contributed by atoms with E-state index < -0.39 is 0 Å². The molecular formula is H14MnO7+2. The molecule has 0 bridgehead atoms. The van der Waals surface area contributed by atoms with Crippen LogP contribution in [0, 0.1) is 0 Å². The molecule has 0 heterocycles. The van der Waals surface area contributed by atoms with Gasteiger partial charge in [0.05, 0.1) is 0 Å². The minimum atomic E-state index is 0. The summed E-state index contributed by atoms with van der Waals surface area (Å²) in [6, 6.07) is 0. The van der Waals surface area contributed by atoms with E-state index in [9.17, 15) is 0 Å². The average Bonchev–Trinajstić information content (AvgIpc) is 0.